The summed E-state index contributed by atoms with van der Waals surface area (Å²) in [6.45, 7) is 3.81. The number of rotatable bonds is 14. The lowest BCUT2D eigenvalue weighted by molar-refractivity contribution is -0.108. The molecule has 0 unspecified atom stereocenters. The van der Waals surface area contributed by atoms with Crippen LogP contribution in [0.1, 0.15) is 56.2 Å². The molecule has 2 aliphatic heterocycles. The number of fused-ring (bicyclic) bond motifs is 1. The van der Waals surface area contributed by atoms with Gasteiger partial charge in [-0.25, -0.2) is 31.6 Å². The van der Waals surface area contributed by atoms with Crippen LogP contribution >= 0.6 is 0 Å². The molecule has 5 rings (SSSR count). The van der Waals surface area contributed by atoms with Gasteiger partial charge in [-0.15, -0.1) is 0 Å². The van der Waals surface area contributed by atoms with Gasteiger partial charge in [0, 0.05) is 50.8 Å². The van der Waals surface area contributed by atoms with E-state index in [1.807, 2.05) is 0 Å². The number of ether oxygens (including phenoxy) is 1. The number of sulfone groups is 1. The molecule has 11 nitrogen and oxygen atoms in total. The van der Waals surface area contributed by atoms with E-state index in [1.54, 1.807) is 17.9 Å². The molecule has 1 aromatic carbocycles. The summed E-state index contributed by atoms with van der Waals surface area (Å²) in [5.41, 5.74) is -0.355. The minimum atomic E-state index is -3.34. The van der Waals surface area contributed by atoms with Crippen molar-refractivity contribution in [3.05, 3.63) is 57.9 Å². The predicted octanol–water partition coefficient (Wildman–Crippen LogP) is 3.82. The van der Waals surface area contributed by atoms with Crippen molar-refractivity contribution in [2.75, 3.05) is 61.1 Å². The molecule has 0 amide bonds. The van der Waals surface area contributed by atoms with E-state index in [4.69, 9.17) is 4.74 Å². The van der Waals surface area contributed by atoms with Gasteiger partial charge in [0.25, 0.3) is 11.5 Å². The van der Waals surface area contributed by atoms with Crippen LogP contribution in [-0.4, -0.2) is 80.1 Å². The van der Waals surface area contributed by atoms with Crippen LogP contribution in [0, 0.1) is 11.7 Å². The van der Waals surface area contributed by atoms with Crippen LogP contribution in [0.25, 0.3) is 11.0 Å². The summed E-state index contributed by atoms with van der Waals surface area (Å²) in [6, 6.07) is 4.85. The molecule has 256 valence electrons. The number of aryl methyl sites for hydroxylation is 1. The first kappa shape index (κ1) is 34.8. The third-order valence-electron chi connectivity index (χ3n) is 8.89. The van der Waals surface area contributed by atoms with E-state index in [0.717, 1.165) is 12.4 Å². The molecular weight excluding hydrogens is 637 g/mol. The molecule has 0 aliphatic carbocycles. The van der Waals surface area contributed by atoms with E-state index in [2.05, 4.69) is 20.6 Å². The number of hydrogen-bond acceptors (Lipinski definition) is 10. The number of unbranched alkanes of at least 4 members (excludes halogenated alkanes) is 1. The van der Waals surface area contributed by atoms with Gasteiger partial charge in [-0.3, -0.25) is 9.36 Å². The predicted molar refractivity (Wildman–Crippen MR) is 173 cm³/mol. The van der Waals surface area contributed by atoms with Gasteiger partial charge in [0.1, 0.15) is 35.6 Å². The maximum absolute atomic E-state index is 15.8. The number of halogens is 3. The fourth-order valence-electron chi connectivity index (χ4n) is 6.19. The summed E-state index contributed by atoms with van der Waals surface area (Å²) in [5, 5.41) is 6.66. The van der Waals surface area contributed by atoms with Crippen LogP contribution in [0.15, 0.2) is 35.4 Å². The van der Waals surface area contributed by atoms with E-state index in [9.17, 15) is 18.0 Å². The van der Waals surface area contributed by atoms with Gasteiger partial charge in [-0.2, -0.15) is 0 Å². The van der Waals surface area contributed by atoms with Crippen molar-refractivity contribution in [2.45, 2.75) is 57.5 Å². The number of carbonyl (C=O) groups is 1. The lowest BCUT2D eigenvalue weighted by Gasteiger charge is -2.31. The Hall–Kier alpha value is -3.56. The number of aldehydes is 1. The van der Waals surface area contributed by atoms with E-state index in [0.29, 0.717) is 56.6 Å². The fraction of sp³-hybridized carbons (Fsp3) is 0.562. The van der Waals surface area contributed by atoms with Crippen LogP contribution in [-0.2, 0) is 31.8 Å². The Morgan fingerprint density at radius 1 is 1.15 bits per heavy atom. The maximum atomic E-state index is 15.8. The number of anilines is 2. The number of carbonyl (C=O) groups excluding carboxylic acids is 1. The van der Waals surface area contributed by atoms with Crippen LogP contribution in [0.4, 0.5) is 24.7 Å². The Morgan fingerprint density at radius 2 is 1.87 bits per heavy atom. The fourth-order valence-corrected chi connectivity index (χ4v) is 7.40. The third-order valence-corrected chi connectivity index (χ3v) is 10.5. The molecule has 4 heterocycles. The largest absolute Gasteiger partial charge is 0.381 e. The lowest BCUT2D eigenvalue weighted by Crippen LogP contribution is -2.43. The van der Waals surface area contributed by atoms with Gasteiger partial charge < -0.3 is 25.1 Å². The Bertz CT molecular complexity index is 1720. The second-order valence-electron chi connectivity index (χ2n) is 12.1. The number of hydrogen-bond donors (Lipinski definition) is 2. The number of benzene rings is 1. The van der Waals surface area contributed by atoms with Crippen LogP contribution in [0.3, 0.4) is 0 Å². The molecule has 47 heavy (non-hydrogen) atoms. The smallest absolute Gasteiger partial charge is 0.278 e. The van der Waals surface area contributed by atoms with Crippen molar-refractivity contribution < 1.29 is 31.1 Å². The zero-order valence-corrected chi connectivity index (χ0v) is 27.2. The molecule has 2 fully saturated rings. The summed E-state index contributed by atoms with van der Waals surface area (Å²) in [6.07, 6.45) is 4.05. The standard InChI is InChI=1S/C32H41F3N6O5S/c1-22(24-6-4-7-26(28(24)33)32(34,35)23-8-10-36-11-9-23)39-29-25-20-27(40-13-18-47(44,45)19-14-40)31(43)41(30(25)38-21-37-29)12-5-17-46-16-3-2-15-42/h4,6-7,15,20-23,36H,2-3,5,8-14,16-19H2,1H3,(H,37,38,39)/t22-/m1/s1. The van der Waals surface area contributed by atoms with E-state index in [1.165, 1.54) is 23.0 Å². The number of alkyl halides is 2. The average molecular weight is 679 g/mol. The summed E-state index contributed by atoms with van der Waals surface area (Å²) in [7, 11) is -3.21. The first-order chi connectivity index (χ1) is 22.5. The minimum absolute atomic E-state index is 0.0457. The summed E-state index contributed by atoms with van der Waals surface area (Å²) >= 11 is 0. The second kappa shape index (κ2) is 15.1. The number of nitrogens with one attached hydrogen (secondary N) is 2. The normalized spacial score (nSPS) is 17.9. The Labute approximate surface area is 271 Å². The average Bonchev–Trinajstić information content (AvgIpc) is 3.05. The van der Waals surface area contributed by atoms with Crippen molar-refractivity contribution in [3.63, 3.8) is 0 Å². The van der Waals surface area contributed by atoms with E-state index >= 15 is 13.2 Å². The quantitative estimate of drug-likeness (QED) is 0.191. The molecule has 0 saturated carbocycles. The lowest BCUT2D eigenvalue weighted by atomic mass is 9.86. The highest BCUT2D eigenvalue weighted by molar-refractivity contribution is 7.91. The highest BCUT2D eigenvalue weighted by atomic mass is 32.2. The Morgan fingerprint density at radius 3 is 2.60 bits per heavy atom. The van der Waals surface area contributed by atoms with Gasteiger partial charge >= 0.3 is 0 Å². The molecule has 3 aromatic rings. The summed E-state index contributed by atoms with van der Waals surface area (Å²) in [4.78, 5) is 34.8. The van der Waals surface area contributed by atoms with Crippen molar-refractivity contribution in [1.82, 2.24) is 19.9 Å². The van der Waals surface area contributed by atoms with Gasteiger partial charge in [0.05, 0.1) is 28.5 Å². The van der Waals surface area contributed by atoms with Gasteiger partial charge in [-0.05, 0) is 51.8 Å². The molecule has 2 N–H and O–H groups in total. The first-order valence-electron chi connectivity index (χ1n) is 16.0. The SMILES string of the molecule is C[C@@H](Nc1ncnc2c1cc(N1CCS(=O)(=O)CC1)c(=O)n2CCCOCCCC=O)c1cccc(C(F)(F)C2CCNCC2)c1F. The van der Waals surface area contributed by atoms with Gasteiger partial charge in [0.15, 0.2) is 9.84 Å². The highest BCUT2D eigenvalue weighted by Gasteiger charge is 2.44. The molecule has 0 bridgehead atoms. The summed E-state index contributed by atoms with van der Waals surface area (Å²) < 4.78 is 78.2. The first-order valence-corrected chi connectivity index (χ1v) is 17.8. The molecule has 15 heteroatoms. The molecule has 2 saturated heterocycles. The highest BCUT2D eigenvalue weighted by Crippen LogP contribution is 2.43. The molecule has 2 aliphatic rings. The van der Waals surface area contributed by atoms with Crippen molar-refractivity contribution in [1.29, 1.82) is 0 Å². The molecule has 0 spiro atoms. The number of pyridine rings is 1. The van der Waals surface area contributed by atoms with Gasteiger partial charge in [0.2, 0.25) is 0 Å². The minimum Gasteiger partial charge on any atom is -0.381 e. The molecule has 2 aromatic heterocycles. The maximum Gasteiger partial charge on any atom is 0.278 e. The third kappa shape index (κ3) is 7.95. The Kier molecular flexibility index (Phi) is 11.2. The van der Waals surface area contributed by atoms with Crippen molar-refractivity contribution in [3.8, 4) is 0 Å². The number of piperidine rings is 1. The molecule has 1 atom stereocenters. The molecule has 0 radical (unpaired) electrons. The molecular formula is C32H41F3N6O5S. The van der Waals surface area contributed by atoms with Gasteiger partial charge in [-0.1, -0.05) is 18.2 Å². The number of nitrogens with zero attached hydrogens (tertiary/aromatic N) is 4. The van der Waals surface area contributed by atoms with Crippen LogP contribution in [0.2, 0.25) is 0 Å². The summed E-state index contributed by atoms with van der Waals surface area (Å²) in [5.74, 6) is -5.20. The van der Waals surface area contributed by atoms with Crippen molar-refractivity contribution >= 4 is 38.7 Å². The monoisotopic (exact) mass is 678 g/mol. The van der Waals surface area contributed by atoms with Crippen molar-refractivity contribution in [2.24, 2.45) is 5.92 Å². The Balaban J connectivity index is 1.46. The zero-order chi connectivity index (χ0) is 33.6. The zero-order valence-electron chi connectivity index (χ0n) is 26.4. The topological polar surface area (TPSA) is 136 Å². The van der Waals surface area contributed by atoms with Crippen LogP contribution in [0.5, 0.6) is 0 Å². The number of aromatic nitrogens is 3. The van der Waals surface area contributed by atoms with E-state index in [-0.39, 0.29) is 66.6 Å². The second-order valence-corrected chi connectivity index (χ2v) is 14.4. The van der Waals surface area contributed by atoms with E-state index < -0.39 is 39.1 Å². The van der Waals surface area contributed by atoms with Crippen LogP contribution < -0.4 is 21.1 Å².